The van der Waals surface area contributed by atoms with Crippen LogP contribution >= 0.6 is 0 Å². The van der Waals surface area contributed by atoms with E-state index in [4.69, 9.17) is 0 Å². The summed E-state index contributed by atoms with van der Waals surface area (Å²) in [7, 11) is -3.89. The van der Waals surface area contributed by atoms with E-state index >= 15 is 0 Å². The smallest absolute Gasteiger partial charge is 0.301 e. The topological polar surface area (TPSA) is 178 Å². The normalized spacial score (nSPS) is 16.2. The summed E-state index contributed by atoms with van der Waals surface area (Å²) in [5.74, 6) is -1.74. The lowest BCUT2D eigenvalue weighted by atomic mass is 10.0. The number of hydrogen-bond acceptors (Lipinski definition) is 7. The first-order valence-electron chi connectivity index (χ1n) is 17.7. The molecule has 1 aliphatic rings. The van der Waals surface area contributed by atoms with Crippen molar-refractivity contribution >= 4 is 39.5 Å². The molecule has 4 amide bonds. The van der Waals surface area contributed by atoms with Crippen LogP contribution in [-0.4, -0.2) is 76.4 Å². The van der Waals surface area contributed by atoms with E-state index in [1.807, 2.05) is 88.4 Å². The highest BCUT2D eigenvalue weighted by atomic mass is 32.2. The number of hydrogen-bond donors (Lipinski definition) is 6. The minimum atomic E-state index is -3.89. The molecule has 0 radical (unpaired) electrons. The van der Waals surface area contributed by atoms with E-state index in [1.165, 1.54) is 22.5 Å². The van der Waals surface area contributed by atoms with Gasteiger partial charge in [0.05, 0.1) is 17.8 Å². The maximum Gasteiger partial charge on any atom is 0.301 e. The molecule has 1 fully saturated rings. The molecule has 1 saturated heterocycles. The summed E-state index contributed by atoms with van der Waals surface area (Å²) in [6, 6.07) is 21.1. The number of nitrogens with one attached hydrogen (secondary N) is 6. The van der Waals surface area contributed by atoms with Crippen LogP contribution in [0.3, 0.4) is 0 Å². The first kappa shape index (κ1) is 40.0. The van der Waals surface area contributed by atoms with Crippen LogP contribution in [0.15, 0.2) is 78.9 Å². The van der Waals surface area contributed by atoms with Crippen molar-refractivity contribution in [3.63, 3.8) is 0 Å². The third-order valence-corrected chi connectivity index (χ3v) is 10.4. The Balaban J connectivity index is 1.58. The Morgan fingerprint density at radius 1 is 0.808 bits per heavy atom. The van der Waals surface area contributed by atoms with Crippen LogP contribution in [0.5, 0.6) is 0 Å². The van der Waals surface area contributed by atoms with Crippen LogP contribution in [0.25, 0.3) is 0 Å². The Labute approximate surface area is 306 Å². The molecule has 0 aliphatic carbocycles. The van der Waals surface area contributed by atoms with E-state index in [9.17, 15) is 27.6 Å². The van der Waals surface area contributed by atoms with E-state index in [0.29, 0.717) is 19.4 Å². The highest BCUT2D eigenvalue weighted by Gasteiger charge is 2.29. The number of carbonyl (C=O) groups is 4. The zero-order valence-electron chi connectivity index (χ0n) is 30.4. The van der Waals surface area contributed by atoms with Crippen molar-refractivity contribution in [1.82, 2.24) is 31.3 Å². The zero-order chi connectivity index (χ0) is 37.8. The quantitative estimate of drug-likeness (QED) is 0.131. The summed E-state index contributed by atoms with van der Waals surface area (Å²) in [5, 5.41) is 14.8. The van der Waals surface area contributed by atoms with Gasteiger partial charge in [-0.3, -0.25) is 23.5 Å². The van der Waals surface area contributed by atoms with Gasteiger partial charge in [0.15, 0.2) is 0 Å². The van der Waals surface area contributed by atoms with Crippen molar-refractivity contribution in [3.8, 4) is 0 Å². The van der Waals surface area contributed by atoms with Crippen LogP contribution < -0.4 is 35.6 Å². The van der Waals surface area contributed by atoms with Crippen molar-refractivity contribution in [1.29, 1.82) is 0 Å². The first-order chi connectivity index (χ1) is 24.8. The average Bonchev–Trinajstić information content (AvgIpc) is 3.12. The highest BCUT2D eigenvalue weighted by Crippen LogP contribution is 2.25. The van der Waals surface area contributed by atoms with Gasteiger partial charge in [-0.05, 0) is 68.9 Å². The van der Waals surface area contributed by atoms with Crippen LogP contribution in [0.2, 0.25) is 0 Å². The molecular formula is C38H51N7O6S. The van der Waals surface area contributed by atoms with Crippen molar-refractivity contribution in [2.75, 3.05) is 30.5 Å². The summed E-state index contributed by atoms with van der Waals surface area (Å²) in [5.41, 5.74) is 2.24. The van der Waals surface area contributed by atoms with Crippen molar-refractivity contribution in [3.05, 3.63) is 101 Å². The predicted octanol–water partition coefficient (Wildman–Crippen LogP) is 2.82. The van der Waals surface area contributed by atoms with Crippen LogP contribution in [-0.2, 0) is 26.2 Å². The van der Waals surface area contributed by atoms with Gasteiger partial charge >= 0.3 is 10.2 Å². The predicted molar refractivity (Wildman–Crippen MR) is 202 cm³/mol. The van der Waals surface area contributed by atoms with E-state index in [-0.39, 0.29) is 60.2 Å². The van der Waals surface area contributed by atoms with Crippen LogP contribution in [0.1, 0.15) is 78.9 Å². The van der Waals surface area contributed by atoms with Crippen molar-refractivity contribution in [2.24, 2.45) is 5.92 Å². The lowest BCUT2D eigenvalue weighted by Gasteiger charge is -2.29. The molecule has 13 nitrogen and oxygen atoms in total. The second-order valence-electron chi connectivity index (χ2n) is 13.3. The fourth-order valence-corrected chi connectivity index (χ4v) is 7.17. The summed E-state index contributed by atoms with van der Waals surface area (Å²) in [6.07, 6.45) is 0.952. The second kappa shape index (κ2) is 18.6. The fourth-order valence-electron chi connectivity index (χ4n) is 5.86. The molecule has 14 heteroatoms. The summed E-state index contributed by atoms with van der Waals surface area (Å²) in [6.45, 7) is 10.2. The Morgan fingerprint density at radius 3 is 2.02 bits per heavy atom. The van der Waals surface area contributed by atoms with Gasteiger partial charge in [0, 0.05) is 43.3 Å². The molecule has 1 aliphatic heterocycles. The molecule has 0 aromatic heterocycles. The minimum absolute atomic E-state index is 0.0985. The maximum absolute atomic E-state index is 14.0. The molecule has 1 unspecified atom stereocenters. The molecule has 3 aromatic rings. The first-order valence-corrected chi connectivity index (χ1v) is 19.2. The summed E-state index contributed by atoms with van der Waals surface area (Å²) < 4.78 is 29.7. The molecule has 4 atom stereocenters. The van der Waals surface area contributed by atoms with Gasteiger partial charge in [-0.2, -0.15) is 13.1 Å². The number of likely N-dealkylation sites (N-methyl/N-ethyl adjacent to an activating group) is 1. The number of anilines is 1. The molecule has 3 aromatic carbocycles. The third kappa shape index (κ3) is 11.1. The van der Waals surface area contributed by atoms with E-state index in [1.54, 1.807) is 6.92 Å². The maximum atomic E-state index is 14.0. The number of carbonyl (C=O) groups excluding carboxylic acids is 4. The number of amides is 4. The number of nitrogens with zero attached hydrogens (tertiary/aromatic N) is 1. The van der Waals surface area contributed by atoms with Crippen LogP contribution in [0, 0.1) is 5.92 Å². The molecule has 0 saturated carbocycles. The third-order valence-electron chi connectivity index (χ3n) is 8.81. The van der Waals surface area contributed by atoms with E-state index < -0.39 is 40.1 Å². The Bertz CT molecular complexity index is 1790. The molecule has 4 rings (SSSR count). The van der Waals surface area contributed by atoms with Crippen molar-refractivity contribution in [2.45, 2.75) is 71.6 Å². The van der Waals surface area contributed by atoms with Gasteiger partial charge < -0.3 is 26.6 Å². The van der Waals surface area contributed by atoms with E-state index in [2.05, 4.69) is 31.3 Å². The largest absolute Gasteiger partial charge is 0.355 e. The Kier molecular flexibility index (Phi) is 14.3. The van der Waals surface area contributed by atoms with Crippen molar-refractivity contribution < 1.29 is 27.6 Å². The molecule has 6 N–H and O–H groups in total. The van der Waals surface area contributed by atoms with Gasteiger partial charge in [-0.1, -0.05) is 74.5 Å². The highest BCUT2D eigenvalue weighted by molar-refractivity contribution is 7.90. The summed E-state index contributed by atoms with van der Waals surface area (Å²) >= 11 is 0. The molecule has 280 valence electrons. The lowest BCUT2D eigenvalue weighted by molar-refractivity contribution is -0.130. The average molecular weight is 734 g/mol. The minimum Gasteiger partial charge on any atom is -0.355 e. The molecular weight excluding hydrogens is 683 g/mol. The second-order valence-corrected chi connectivity index (χ2v) is 15.0. The summed E-state index contributed by atoms with van der Waals surface area (Å²) in [4.78, 5) is 53.3. The van der Waals surface area contributed by atoms with Gasteiger partial charge in [0.25, 0.3) is 11.8 Å². The molecule has 0 spiro atoms. The molecule has 1 heterocycles. The number of benzene rings is 3. The molecule has 52 heavy (non-hydrogen) atoms. The standard InChI is InChI=1S/C38H51N7O6S/c1-6-39-38(49)34(25(2)3)44-35(46)27(5)40-24-32(20-28-14-9-7-10-15-28)43-37(48)31-21-30(36(47)42-26(4)29-16-11-8-12-17-29)22-33(23-31)45-19-13-18-41-52(45,50)51/h7-12,14-17,21-23,25-27,32,34,40-41H,6,13,18-20,24H2,1-5H3,(H,39,49)(H,42,47)(H,43,48)(H,44,46)/t26-,27+,32+,34?/m1/s1. The van der Waals surface area contributed by atoms with Crippen LogP contribution in [0.4, 0.5) is 5.69 Å². The SMILES string of the molecule is CCNC(=O)C(NC(=O)[C@H](C)NC[C@H](Cc1ccccc1)NC(=O)c1cc(C(=O)N[C@H](C)c2ccccc2)cc(N2CCCNS2(=O)=O)c1)C(C)C. The molecule has 0 bridgehead atoms. The monoisotopic (exact) mass is 733 g/mol. The van der Waals surface area contributed by atoms with Gasteiger partial charge in [-0.25, -0.2) is 0 Å². The van der Waals surface area contributed by atoms with Gasteiger partial charge in [0.2, 0.25) is 11.8 Å². The number of rotatable bonds is 16. The fraction of sp³-hybridized carbons (Fsp3) is 0.421. The van der Waals surface area contributed by atoms with E-state index in [0.717, 1.165) is 11.1 Å². The Hall–Kier alpha value is -4.79. The van der Waals surface area contributed by atoms with Gasteiger partial charge in [0.1, 0.15) is 6.04 Å². The zero-order valence-corrected chi connectivity index (χ0v) is 31.3. The lowest BCUT2D eigenvalue weighted by Crippen LogP contribution is -2.55. The van der Waals surface area contributed by atoms with Gasteiger partial charge in [-0.15, -0.1) is 0 Å². The Morgan fingerprint density at radius 2 is 1.42 bits per heavy atom.